The number of fused-ring (bicyclic) bond motifs is 2. The molecule has 5 aromatic heterocycles. The first-order valence-electron chi connectivity index (χ1n) is 16.2. The van der Waals surface area contributed by atoms with E-state index in [1.54, 1.807) is 49.4 Å². The molecule has 16 nitrogen and oxygen atoms in total. The second-order valence-electron chi connectivity index (χ2n) is 11.7. The van der Waals surface area contributed by atoms with Gasteiger partial charge in [0, 0.05) is 25.2 Å². The van der Waals surface area contributed by atoms with Crippen molar-refractivity contribution in [3.63, 3.8) is 0 Å². The summed E-state index contributed by atoms with van der Waals surface area (Å²) >= 11 is 0. The van der Waals surface area contributed by atoms with Gasteiger partial charge in [0.1, 0.15) is 30.8 Å². The molecule has 0 bridgehead atoms. The van der Waals surface area contributed by atoms with Crippen LogP contribution < -0.4 is 20.0 Å². The molecule has 0 aliphatic carbocycles. The normalized spacial score (nSPS) is 12.3. The van der Waals surface area contributed by atoms with Gasteiger partial charge in [-0.15, -0.1) is 26.3 Å². The van der Waals surface area contributed by atoms with E-state index in [1.807, 2.05) is 0 Å². The van der Waals surface area contributed by atoms with Gasteiger partial charge in [-0.3, -0.25) is 18.7 Å². The van der Waals surface area contributed by atoms with Crippen molar-refractivity contribution >= 4 is 17.2 Å². The number of halogens is 6. The van der Waals surface area contributed by atoms with Gasteiger partial charge in [-0.05, 0) is 72.8 Å². The van der Waals surface area contributed by atoms with Gasteiger partial charge in [0.15, 0.2) is 28.6 Å². The van der Waals surface area contributed by atoms with E-state index in [2.05, 4.69) is 39.6 Å². The number of ether oxygens (including phenoxy) is 3. The Morgan fingerprint density at radius 2 is 1.25 bits per heavy atom. The third-order valence-corrected chi connectivity index (χ3v) is 7.48. The Hall–Kier alpha value is -7.10. The maximum Gasteiger partial charge on any atom is 0.573 e. The number of pyridine rings is 2. The van der Waals surface area contributed by atoms with Gasteiger partial charge in [-0.25, -0.2) is 24.7 Å². The summed E-state index contributed by atoms with van der Waals surface area (Å²) in [7, 11) is 3.46. The van der Waals surface area contributed by atoms with Crippen LogP contribution in [-0.2, 0) is 38.5 Å². The summed E-state index contributed by atoms with van der Waals surface area (Å²) in [6.45, 7) is -0.0116. The molecule has 6 heterocycles. The van der Waals surface area contributed by atoms with Crippen molar-refractivity contribution in [1.29, 1.82) is 0 Å². The van der Waals surface area contributed by atoms with Gasteiger partial charge >= 0.3 is 24.5 Å². The van der Waals surface area contributed by atoms with Gasteiger partial charge in [0.05, 0.1) is 30.0 Å². The minimum absolute atomic E-state index is 0.0709. The fourth-order valence-electron chi connectivity index (χ4n) is 5.12. The van der Waals surface area contributed by atoms with Crippen LogP contribution in [0.1, 0.15) is 17.3 Å². The van der Waals surface area contributed by atoms with Gasteiger partial charge in [-0.2, -0.15) is 10.2 Å². The van der Waals surface area contributed by atoms with Gasteiger partial charge in [-0.1, -0.05) is 0 Å². The number of oxazole rings is 1. The molecule has 1 N–H and O–H groups in total. The smallest absolute Gasteiger partial charge is 0.424 e. The van der Waals surface area contributed by atoms with E-state index in [0.717, 1.165) is 0 Å². The summed E-state index contributed by atoms with van der Waals surface area (Å²) in [4.78, 5) is 39.8. The number of carbonyl (C=O) groups is 1. The summed E-state index contributed by atoms with van der Waals surface area (Å²) in [5, 5.41) is 16.3. The first kappa shape index (κ1) is 39.6. The molecule has 57 heavy (non-hydrogen) atoms. The number of aromatic nitrogens is 9. The molecule has 0 fully saturated rings. The highest BCUT2D eigenvalue weighted by molar-refractivity contribution is 5.80. The molecular formula is C35H27F6N9O7. The molecule has 2 aromatic carbocycles. The first-order valence-corrected chi connectivity index (χ1v) is 16.2. The highest BCUT2D eigenvalue weighted by atomic mass is 19.4. The van der Waals surface area contributed by atoms with Crippen LogP contribution in [0.15, 0.2) is 94.7 Å². The SMILES string of the molecule is Cn1cnc(CO)n1.Cn1cnc(Cn2c(=O)oc3ccc(-c4ccc(OC(F)(F)F)cc4)nc32)n1.O=C1Cc2nc(-c3ccc(OC(F)(F)F)cc3)ccc2O1. The number of benzene rings is 2. The summed E-state index contributed by atoms with van der Waals surface area (Å²) < 4.78 is 95.1. The van der Waals surface area contributed by atoms with Crippen LogP contribution in [0.2, 0.25) is 0 Å². The largest absolute Gasteiger partial charge is 0.573 e. The Labute approximate surface area is 315 Å². The van der Waals surface area contributed by atoms with Crippen molar-refractivity contribution in [1.82, 2.24) is 44.1 Å². The van der Waals surface area contributed by atoms with Crippen molar-refractivity contribution in [3.8, 4) is 39.8 Å². The second kappa shape index (κ2) is 16.3. The molecule has 0 radical (unpaired) electrons. The maximum atomic E-state index is 12.3. The van der Waals surface area contributed by atoms with Crippen molar-refractivity contribution in [2.45, 2.75) is 32.3 Å². The third kappa shape index (κ3) is 10.6. The van der Waals surface area contributed by atoms with E-state index in [4.69, 9.17) is 14.3 Å². The van der Waals surface area contributed by atoms with Crippen LogP contribution in [0.4, 0.5) is 26.3 Å². The van der Waals surface area contributed by atoms with Gasteiger partial charge in [0.25, 0.3) is 0 Å². The van der Waals surface area contributed by atoms with Crippen molar-refractivity contribution in [3.05, 3.63) is 113 Å². The summed E-state index contributed by atoms with van der Waals surface area (Å²) in [5.41, 5.74) is 3.25. The van der Waals surface area contributed by atoms with Crippen LogP contribution in [0.25, 0.3) is 33.7 Å². The Kier molecular flexibility index (Phi) is 11.3. The molecule has 0 spiro atoms. The molecular weight excluding hydrogens is 772 g/mol. The van der Waals surface area contributed by atoms with Gasteiger partial charge in [0.2, 0.25) is 0 Å². The zero-order valence-corrected chi connectivity index (χ0v) is 29.4. The van der Waals surface area contributed by atoms with Crippen LogP contribution in [0, 0.1) is 0 Å². The van der Waals surface area contributed by atoms with Crippen LogP contribution >= 0.6 is 0 Å². The Morgan fingerprint density at radius 1 is 0.719 bits per heavy atom. The van der Waals surface area contributed by atoms with E-state index in [1.165, 1.54) is 64.1 Å². The number of aryl methyl sites for hydroxylation is 2. The van der Waals surface area contributed by atoms with E-state index < -0.39 is 18.5 Å². The molecule has 0 saturated carbocycles. The third-order valence-electron chi connectivity index (χ3n) is 7.48. The quantitative estimate of drug-likeness (QED) is 0.165. The Morgan fingerprint density at radius 3 is 1.74 bits per heavy atom. The second-order valence-corrected chi connectivity index (χ2v) is 11.7. The fraction of sp³-hybridized carbons (Fsp3) is 0.200. The highest BCUT2D eigenvalue weighted by Crippen LogP contribution is 2.30. The number of carbonyl (C=O) groups excluding carboxylic acids is 1. The standard InChI is InChI=1S/C17H12F3N5O3.C14H8F3NO3.C4H7N3O/c1-24-9-21-14(23-24)8-25-15-13(27-16(25)26)7-6-12(22-15)10-2-4-11(5-3-10)28-17(18,19)20;15-14(16,17)21-9-3-1-8(2-4-9)10-5-6-12-11(18-10)7-13(19)20-12;1-7-3-5-4(2-8)6-7/h2-7,9H,8H2,1H3;1-6H,7H2;3,8H,2H2,1H3. The van der Waals surface area contributed by atoms with Crippen LogP contribution in [0.5, 0.6) is 17.2 Å². The molecule has 1 aliphatic heterocycles. The molecule has 0 atom stereocenters. The average Bonchev–Trinajstić information content (AvgIpc) is 3.94. The lowest BCUT2D eigenvalue weighted by molar-refractivity contribution is -0.275. The summed E-state index contributed by atoms with van der Waals surface area (Å²) in [6, 6.07) is 17.0. The number of nitrogens with zero attached hydrogens (tertiary/aromatic N) is 9. The highest BCUT2D eigenvalue weighted by Gasteiger charge is 2.32. The number of hydrogen-bond donors (Lipinski definition) is 1. The number of esters is 1. The predicted molar refractivity (Wildman–Crippen MR) is 183 cm³/mol. The summed E-state index contributed by atoms with van der Waals surface area (Å²) in [6.07, 6.45) is -6.33. The lowest BCUT2D eigenvalue weighted by atomic mass is 10.1. The minimum Gasteiger partial charge on any atom is -0.424 e. The maximum absolute atomic E-state index is 12.3. The number of rotatable bonds is 7. The molecule has 7 aromatic rings. The number of alkyl halides is 6. The monoisotopic (exact) mass is 799 g/mol. The zero-order valence-electron chi connectivity index (χ0n) is 29.4. The van der Waals surface area contributed by atoms with Crippen molar-refractivity contribution in [2.75, 3.05) is 0 Å². The van der Waals surface area contributed by atoms with Crippen molar-refractivity contribution < 1.29 is 54.9 Å². The lowest BCUT2D eigenvalue weighted by Gasteiger charge is -2.09. The van der Waals surface area contributed by atoms with E-state index in [9.17, 15) is 35.9 Å². The minimum atomic E-state index is -4.76. The first-order chi connectivity index (χ1) is 27.0. The summed E-state index contributed by atoms with van der Waals surface area (Å²) in [5.74, 6) is -0.323. The molecule has 0 saturated heterocycles. The van der Waals surface area contributed by atoms with E-state index in [0.29, 0.717) is 45.6 Å². The molecule has 0 amide bonds. The Bertz CT molecular complexity index is 2550. The van der Waals surface area contributed by atoms with E-state index >= 15 is 0 Å². The zero-order chi connectivity index (χ0) is 40.9. The van der Waals surface area contributed by atoms with Crippen LogP contribution in [-0.4, -0.2) is 67.9 Å². The number of hydrogen-bond acceptors (Lipinski definition) is 13. The lowest BCUT2D eigenvalue weighted by Crippen LogP contribution is -2.17. The number of aliphatic hydroxyl groups excluding tert-OH is 1. The molecule has 22 heteroatoms. The molecule has 296 valence electrons. The van der Waals surface area contributed by atoms with Crippen LogP contribution in [0.3, 0.4) is 0 Å². The molecule has 1 aliphatic rings. The number of aliphatic hydroxyl groups is 1. The van der Waals surface area contributed by atoms with Crippen molar-refractivity contribution in [2.24, 2.45) is 14.1 Å². The average molecular weight is 800 g/mol. The molecule has 8 rings (SSSR count). The fourth-order valence-corrected chi connectivity index (χ4v) is 5.12. The predicted octanol–water partition coefficient (Wildman–Crippen LogP) is 5.15. The Balaban J connectivity index is 0.000000166. The van der Waals surface area contributed by atoms with Gasteiger partial charge < -0.3 is 23.7 Å². The van der Waals surface area contributed by atoms with E-state index in [-0.39, 0.29) is 48.3 Å². The molecule has 0 unspecified atom stereocenters. The topological polar surface area (TPSA) is 187 Å².